The molecule has 0 saturated carbocycles. The monoisotopic (exact) mass is 335 g/mol. The average molecular weight is 335 g/mol. The van der Waals surface area contributed by atoms with Crippen LogP contribution in [-0.2, 0) is 0 Å². The molecule has 25 heavy (non-hydrogen) atoms. The lowest BCUT2D eigenvalue weighted by atomic mass is 10.1. The van der Waals surface area contributed by atoms with Crippen LogP contribution < -0.4 is 4.74 Å². The largest absolute Gasteiger partial charge is 0.454 e. The highest BCUT2D eigenvalue weighted by atomic mass is 16.5. The molecule has 4 nitrogen and oxygen atoms in total. The first-order valence-corrected chi connectivity index (χ1v) is 9.07. The fraction of sp³-hybridized carbons (Fsp3) is 0.381. The molecule has 0 spiro atoms. The third kappa shape index (κ3) is 3.14. The van der Waals surface area contributed by atoms with Crippen LogP contribution in [0, 0.1) is 6.92 Å². The molecule has 2 aliphatic heterocycles. The summed E-state index contributed by atoms with van der Waals surface area (Å²) >= 11 is 0. The molecule has 0 N–H and O–H groups in total. The molecule has 0 aliphatic carbocycles. The van der Waals surface area contributed by atoms with Crippen molar-refractivity contribution in [1.29, 1.82) is 0 Å². The van der Waals surface area contributed by atoms with Crippen LogP contribution in [0.15, 0.2) is 47.5 Å². The second-order valence-electron chi connectivity index (χ2n) is 7.12. The molecule has 0 aromatic heterocycles. The lowest BCUT2D eigenvalue weighted by Gasteiger charge is -2.38. The standard InChI is InChI=1S/C21H25N3O/c1-15(2)23-10-12-24(13-11-23)21-17-14-16(3)8-9-19(17)25-20-7-5-4-6-18(20)22-21/h4-9,14-15H,10-13H2,1-3H3. The van der Waals surface area contributed by atoms with Crippen LogP contribution in [-0.4, -0.2) is 47.9 Å². The van der Waals surface area contributed by atoms with E-state index in [1.807, 2.05) is 24.3 Å². The SMILES string of the molecule is Cc1ccc2c(c1)C(N1CCN(C(C)C)CC1)=Nc1ccccc1O2. The highest BCUT2D eigenvalue weighted by Crippen LogP contribution is 2.38. The van der Waals surface area contributed by atoms with Crippen molar-refractivity contribution in [3.63, 3.8) is 0 Å². The first-order valence-electron chi connectivity index (χ1n) is 9.07. The Labute approximate surface area is 149 Å². The Morgan fingerprint density at radius 2 is 1.72 bits per heavy atom. The van der Waals surface area contributed by atoms with E-state index >= 15 is 0 Å². The molecular weight excluding hydrogens is 310 g/mol. The average Bonchev–Trinajstić information content (AvgIpc) is 2.78. The van der Waals surface area contributed by atoms with E-state index in [0.29, 0.717) is 6.04 Å². The van der Waals surface area contributed by atoms with Gasteiger partial charge in [-0.15, -0.1) is 0 Å². The molecule has 0 amide bonds. The van der Waals surface area contributed by atoms with Gasteiger partial charge < -0.3 is 9.64 Å². The minimum Gasteiger partial charge on any atom is -0.454 e. The zero-order chi connectivity index (χ0) is 17.4. The summed E-state index contributed by atoms with van der Waals surface area (Å²) in [6.07, 6.45) is 0. The molecule has 4 rings (SSSR count). The number of aliphatic imine (C=N–C) groups is 1. The molecule has 4 heteroatoms. The van der Waals surface area contributed by atoms with Gasteiger partial charge in [0, 0.05) is 32.2 Å². The van der Waals surface area contributed by atoms with E-state index < -0.39 is 0 Å². The summed E-state index contributed by atoms with van der Waals surface area (Å²) in [5.74, 6) is 2.75. The summed E-state index contributed by atoms with van der Waals surface area (Å²) in [5, 5.41) is 0. The number of benzene rings is 2. The van der Waals surface area contributed by atoms with Crippen LogP contribution in [0.25, 0.3) is 0 Å². The van der Waals surface area contributed by atoms with E-state index in [1.54, 1.807) is 0 Å². The number of rotatable bonds is 1. The lowest BCUT2D eigenvalue weighted by Crippen LogP contribution is -2.50. The maximum Gasteiger partial charge on any atom is 0.153 e. The van der Waals surface area contributed by atoms with Crippen molar-refractivity contribution in [2.24, 2.45) is 4.99 Å². The van der Waals surface area contributed by atoms with Gasteiger partial charge in [-0.2, -0.15) is 0 Å². The van der Waals surface area contributed by atoms with Gasteiger partial charge in [-0.05, 0) is 45.0 Å². The first kappa shape index (κ1) is 16.2. The van der Waals surface area contributed by atoms with Crippen LogP contribution >= 0.6 is 0 Å². The Bertz CT molecular complexity index is 805. The molecule has 1 fully saturated rings. The number of nitrogens with zero attached hydrogens (tertiary/aromatic N) is 3. The van der Waals surface area contributed by atoms with Crippen LogP contribution in [0.4, 0.5) is 5.69 Å². The minimum absolute atomic E-state index is 0.594. The van der Waals surface area contributed by atoms with Gasteiger partial charge in [0.05, 0.1) is 5.56 Å². The number of fused-ring (bicyclic) bond motifs is 2. The van der Waals surface area contributed by atoms with Gasteiger partial charge in [0.15, 0.2) is 5.75 Å². The zero-order valence-corrected chi connectivity index (χ0v) is 15.2. The van der Waals surface area contributed by atoms with Gasteiger partial charge in [-0.3, -0.25) is 4.90 Å². The summed E-state index contributed by atoms with van der Waals surface area (Å²) in [5.41, 5.74) is 3.22. The lowest BCUT2D eigenvalue weighted by molar-refractivity contribution is 0.149. The maximum absolute atomic E-state index is 6.19. The Morgan fingerprint density at radius 3 is 2.48 bits per heavy atom. The van der Waals surface area contributed by atoms with E-state index in [1.165, 1.54) is 5.56 Å². The van der Waals surface area contributed by atoms with Crippen LogP contribution in [0.2, 0.25) is 0 Å². The van der Waals surface area contributed by atoms with Crippen molar-refractivity contribution in [3.05, 3.63) is 53.6 Å². The molecule has 0 radical (unpaired) electrons. The number of hydrogen-bond donors (Lipinski definition) is 0. The summed E-state index contributed by atoms with van der Waals surface area (Å²) in [4.78, 5) is 9.94. The Hall–Kier alpha value is -2.33. The van der Waals surface area contributed by atoms with Crippen molar-refractivity contribution in [2.75, 3.05) is 26.2 Å². The van der Waals surface area contributed by atoms with E-state index in [4.69, 9.17) is 9.73 Å². The second kappa shape index (κ2) is 6.52. The second-order valence-corrected chi connectivity index (χ2v) is 7.12. The molecule has 0 unspecified atom stereocenters. The molecule has 2 aliphatic rings. The van der Waals surface area contributed by atoms with Crippen LogP contribution in [0.5, 0.6) is 11.5 Å². The molecule has 2 heterocycles. The molecule has 0 atom stereocenters. The Balaban J connectivity index is 1.75. The van der Waals surface area contributed by atoms with Crippen molar-refractivity contribution < 1.29 is 4.74 Å². The summed E-state index contributed by atoms with van der Waals surface area (Å²) in [6.45, 7) is 10.8. The third-order valence-corrected chi connectivity index (χ3v) is 5.03. The number of amidine groups is 1. The number of ether oxygens (including phenoxy) is 1. The summed E-state index contributed by atoms with van der Waals surface area (Å²) in [6, 6.07) is 15.0. The molecule has 2 aromatic carbocycles. The minimum atomic E-state index is 0.594. The number of aryl methyl sites for hydroxylation is 1. The summed E-state index contributed by atoms with van der Waals surface area (Å²) in [7, 11) is 0. The molecular formula is C21H25N3O. The predicted octanol–water partition coefficient (Wildman–Crippen LogP) is 4.21. The quantitative estimate of drug-likeness (QED) is 0.782. The van der Waals surface area contributed by atoms with Gasteiger partial charge in [-0.25, -0.2) is 4.99 Å². The van der Waals surface area contributed by atoms with Crippen molar-refractivity contribution in [1.82, 2.24) is 9.80 Å². The molecule has 2 aromatic rings. The van der Waals surface area contributed by atoms with Gasteiger partial charge in [0.25, 0.3) is 0 Å². The molecule has 130 valence electrons. The number of hydrogen-bond acceptors (Lipinski definition) is 4. The van der Waals surface area contributed by atoms with Gasteiger partial charge in [-0.1, -0.05) is 23.8 Å². The fourth-order valence-electron chi connectivity index (χ4n) is 3.53. The van der Waals surface area contributed by atoms with Gasteiger partial charge in [0.2, 0.25) is 0 Å². The highest BCUT2D eigenvalue weighted by Gasteiger charge is 2.26. The first-order chi connectivity index (χ1) is 12.1. The zero-order valence-electron chi connectivity index (χ0n) is 15.2. The van der Waals surface area contributed by atoms with Crippen LogP contribution in [0.1, 0.15) is 25.0 Å². The predicted molar refractivity (Wildman–Crippen MR) is 102 cm³/mol. The van der Waals surface area contributed by atoms with Crippen molar-refractivity contribution in [3.8, 4) is 11.5 Å². The van der Waals surface area contributed by atoms with Gasteiger partial charge in [0.1, 0.15) is 17.3 Å². The van der Waals surface area contributed by atoms with E-state index in [2.05, 4.69) is 48.8 Å². The Kier molecular flexibility index (Phi) is 4.22. The topological polar surface area (TPSA) is 28.1 Å². The summed E-state index contributed by atoms with van der Waals surface area (Å²) < 4.78 is 6.19. The van der Waals surface area contributed by atoms with Crippen molar-refractivity contribution >= 4 is 11.5 Å². The molecule has 0 bridgehead atoms. The van der Waals surface area contributed by atoms with E-state index in [-0.39, 0.29) is 0 Å². The van der Waals surface area contributed by atoms with E-state index in [0.717, 1.165) is 54.8 Å². The fourth-order valence-corrected chi connectivity index (χ4v) is 3.53. The maximum atomic E-state index is 6.19. The smallest absolute Gasteiger partial charge is 0.153 e. The van der Waals surface area contributed by atoms with Gasteiger partial charge >= 0.3 is 0 Å². The highest BCUT2D eigenvalue weighted by molar-refractivity contribution is 6.04. The normalized spacial score (nSPS) is 17.4. The molecule has 1 saturated heterocycles. The number of piperazine rings is 1. The third-order valence-electron chi connectivity index (χ3n) is 5.03. The van der Waals surface area contributed by atoms with Crippen molar-refractivity contribution in [2.45, 2.75) is 26.8 Å². The van der Waals surface area contributed by atoms with Crippen LogP contribution in [0.3, 0.4) is 0 Å². The number of para-hydroxylation sites is 2. The Morgan fingerprint density at radius 1 is 0.960 bits per heavy atom. The van der Waals surface area contributed by atoms with E-state index in [9.17, 15) is 0 Å².